The van der Waals surface area contributed by atoms with Crippen LogP contribution in [-0.2, 0) is 11.2 Å². The van der Waals surface area contributed by atoms with Crippen LogP contribution in [0.2, 0.25) is 0 Å². The molecule has 134 valence electrons. The first-order valence-corrected chi connectivity index (χ1v) is 8.01. The van der Waals surface area contributed by atoms with E-state index in [0.717, 1.165) is 57.3 Å². The fourth-order valence-corrected chi connectivity index (χ4v) is 1.79. The molecule has 7 nitrogen and oxygen atoms in total. The normalized spacial score (nSPS) is 11.4. The van der Waals surface area contributed by atoms with Crippen LogP contribution in [0.1, 0.15) is 51.2 Å². The zero-order chi connectivity index (χ0) is 16.2. The summed E-state index contributed by atoms with van der Waals surface area (Å²) < 4.78 is 10.2. The van der Waals surface area contributed by atoms with Crippen LogP contribution in [0.25, 0.3) is 0 Å². The van der Waals surface area contributed by atoms with Crippen molar-refractivity contribution in [2.24, 2.45) is 4.99 Å². The molecule has 0 unspecified atom stereocenters. The highest BCUT2D eigenvalue weighted by Gasteiger charge is 2.08. The molecule has 0 atom stereocenters. The predicted molar refractivity (Wildman–Crippen MR) is 103 cm³/mol. The Morgan fingerprint density at radius 3 is 2.70 bits per heavy atom. The van der Waals surface area contributed by atoms with Crippen molar-refractivity contribution in [1.82, 2.24) is 20.8 Å². The van der Waals surface area contributed by atoms with Gasteiger partial charge in [-0.2, -0.15) is 4.98 Å². The van der Waals surface area contributed by atoms with Crippen molar-refractivity contribution in [3.63, 3.8) is 0 Å². The molecule has 0 saturated heterocycles. The molecule has 0 aliphatic carbocycles. The third-order valence-corrected chi connectivity index (χ3v) is 2.98. The summed E-state index contributed by atoms with van der Waals surface area (Å²) in [4.78, 5) is 8.89. The Bertz CT molecular complexity index is 437. The Balaban J connectivity index is 0.00000484. The molecule has 1 aromatic rings. The molecule has 0 radical (unpaired) electrons. The molecule has 1 heterocycles. The number of nitrogens with one attached hydrogen (secondary N) is 2. The van der Waals surface area contributed by atoms with Gasteiger partial charge in [0, 0.05) is 45.7 Å². The minimum atomic E-state index is 0. The second-order valence-corrected chi connectivity index (χ2v) is 5.34. The molecule has 1 aromatic heterocycles. The largest absolute Gasteiger partial charge is 0.385 e. The molecule has 0 spiro atoms. The van der Waals surface area contributed by atoms with Crippen molar-refractivity contribution in [2.45, 2.75) is 46.0 Å². The summed E-state index contributed by atoms with van der Waals surface area (Å²) in [7, 11) is 1.71. The smallest absolute Gasteiger partial charge is 0.226 e. The molecule has 0 saturated carbocycles. The number of rotatable bonds is 10. The van der Waals surface area contributed by atoms with Gasteiger partial charge in [-0.05, 0) is 19.8 Å². The average Bonchev–Trinajstić information content (AvgIpc) is 2.97. The monoisotopic (exact) mass is 439 g/mol. The Labute approximate surface area is 156 Å². The van der Waals surface area contributed by atoms with Gasteiger partial charge in [0.1, 0.15) is 0 Å². The van der Waals surface area contributed by atoms with Crippen molar-refractivity contribution in [3.05, 3.63) is 11.7 Å². The van der Waals surface area contributed by atoms with Gasteiger partial charge in [0.2, 0.25) is 5.89 Å². The third-order valence-electron chi connectivity index (χ3n) is 2.98. The maximum atomic E-state index is 5.22. The molecule has 1 rings (SSSR count). The van der Waals surface area contributed by atoms with Gasteiger partial charge >= 0.3 is 0 Å². The van der Waals surface area contributed by atoms with E-state index >= 15 is 0 Å². The fourth-order valence-electron chi connectivity index (χ4n) is 1.79. The van der Waals surface area contributed by atoms with E-state index in [1.807, 2.05) is 0 Å². The van der Waals surface area contributed by atoms with Crippen LogP contribution in [0.15, 0.2) is 9.52 Å². The van der Waals surface area contributed by atoms with Crippen LogP contribution < -0.4 is 10.6 Å². The molecule has 0 aromatic carbocycles. The van der Waals surface area contributed by atoms with Gasteiger partial charge in [-0.1, -0.05) is 19.0 Å². The van der Waals surface area contributed by atoms with Crippen LogP contribution in [0.4, 0.5) is 0 Å². The first-order valence-electron chi connectivity index (χ1n) is 8.01. The summed E-state index contributed by atoms with van der Waals surface area (Å²) in [6.45, 7) is 9.32. The SMILES string of the molecule is CCNC(=NCCCc1nc(C(C)C)no1)NCCCOC.I. The number of aryl methyl sites for hydroxylation is 1. The van der Waals surface area contributed by atoms with Crippen LogP contribution in [0.5, 0.6) is 0 Å². The van der Waals surface area contributed by atoms with Gasteiger partial charge in [-0.25, -0.2) is 0 Å². The van der Waals surface area contributed by atoms with Gasteiger partial charge in [0.05, 0.1) is 0 Å². The number of aliphatic imine (C=N–C) groups is 1. The summed E-state index contributed by atoms with van der Waals surface area (Å²) in [5, 5.41) is 10.5. The van der Waals surface area contributed by atoms with Crippen molar-refractivity contribution in [3.8, 4) is 0 Å². The molecular formula is C15H30IN5O2. The second kappa shape index (κ2) is 13.5. The van der Waals surface area contributed by atoms with E-state index in [4.69, 9.17) is 9.26 Å². The zero-order valence-corrected chi connectivity index (χ0v) is 16.9. The Morgan fingerprint density at radius 1 is 1.30 bits per heavy atom. The van der Waals surface area contributed by atoms with Gasteiger partial charge in [-0.15, -0.1) is 24.0 Å². The molecule has 8 heteroatoms. The number of aromatic nitrogens is 2. The summed E-state index contributed by atoms with van der Waals surface area (Å²) in [5.74, 6) is 2.60. The van der Waals surface area contributed by atoms with Crippen LogP contribution in [-0.4, -0.2) is 49.5 Å². The lowest BCUT2D eigenvalue weighted by atomic mass is 10.2. The maximum Gasteiger partial charge on any atom is 0.226 e. The number of hydrogen-bond donors (Lipinski definition) is 2. The van der Waals surface area contributed by atoms with E-state index in [1.54, 1.807) is 7.11 Å². The molecular weight excluding hydrogens is 409 g/mol. The second-order valence-electron chi connectivity index (χ2n) is 5.34. The molecule has 2 N–H and O–H groups in total. The van der Waals surface area contributed by atoms with Gasteiger partial charge < -0.3 is 19.9 Å². The highest BCUT2D eigenvalue weighted by molar-refractivity contribution is 14.0. The predicted octanol–water partition coefficient (Wildman–Crippen LogP) is 2.34. The van der Waals surface area contributed by atoms with E-state index in [1.165, 1.54) is 0 Å². The highest BCUT2D eigenvalue weighted by Crippen LogP contribution is 2.10. The number of halogens is 1. The minimum Gasteiger partial charge on any atom is -0.385 e. The first kappa shape index (κ1) is 22.1. The summed E-state index contributed by atoms with van der Waals surface area (Å²) in [5.41, 5.74) is 0. The molecule has 0 fully saturated rings. The standard InChI is InChI=1S/C15H29N5O2.HI/c1-5-16-15(18-10-7-11-21-4)17-9-6-8-13-19-14(12(2)3)20-22-13;/h12H,5-11H2,1-4H3,(H2,16,17,18);1H. The van der Waals surface area contributed by atoms with Crippen LogP contribution in [0.3, 0.4) is 0 Å². The number of nitrogens with zero attached hydrogens (tertiary/aromatic N) is 3. The lowest BCUT2D eigenvalue weighted by molar-refractivity contribution is 0.195. The van der Waals surface area contributed by atoms with Gasteiger partial charge in [-0.3, -0.25) is 4.99 Å². The van der Waals surface area contributed by atoms with Crippen LogP contribution >= 0.6 is 24.0 Å². The molecule has 23 heavy (non-hydrogen) atoms. The van der Waals surface area contributed by atoms with E-state index in [2.05, 4.69) is 46.5 Å². The Kier molecular flexibility index (Phi) is 13.0. The lowest BCUT2D eigenvalue weighted by Gasteiger charge is -2.10. The topological polar surface area (TPSA) is 84.6 Å². The number of methoxy groups -OCH3 is 1. The van der Waals surface area contributed by atoms with Crippen LogP contribution in [0, 0.1) is 0 Å². The molecule has 0 bridgehead atoms. The molecule has 0 aliphatic heterocycles. The Hall–Kier alpha value is -0.900. The average molecular weight is 439 g/mol. The van der Waals surface area contributed by atoms with Crippen molar-refractivity contribution >= 4 is 29.9 Å². The van der Waals surface area contributed by atoms with E-state index in [9.17, 15) is 0 Å². The quantitative estimate of drug-likeness (QED) is 0.252. The van der Waals surface area contributed by atoms with E-state index in [-0.39, 0.29) is 24.0 Å². The summed E-state index contributed by atoms with van der Waals surface area (Å²) in [6, 6.07) is 0. The van der Waals surface area contributed by atoms with Gasteiger partial charge in [0.25, 0.3) is 0 Å². The highest BCUT2D eigenvalue weighted by atomic mass is 127. The summed E-state index contributed by atoms with van der Waals surface area (Å²) in [6.07, 6.45) is 2.60. The van der Waals surface area contributed by atoms with Crippen molar-refractivity contribution in [2.75, 3.05) is 33.4 Å². The van der Waals surface area contributed by atoms with E-state index < -0.39 is 0 Å². The lowest BCUT2D eigenvalue weighted by Crippen LogP contribution is -2.38. The summed E-state index contributed by atoms with van der Waals surface area (Å²) >= 11 is 0. The molecule has 0 aliphatic rings. The first-order chi connectivity index (χ1) is 10.7. The number of ether oxygens (including phenoxy) is 1. The maximum absolute atomic E-state index is 5.22. The fraction of sp³-hybridized carbons (Fsp3) is 0.800. The third kappa shape index (κ3) is 9.75. The van der Waals surface area contributed by atoms with Crippen molar-refractivity contribution < 1.29 is 9.26 Å². The number of guanidine groups is 1. The van der Waals surface area contributed by atoms with E-state index in [0.29, 0.717) is 11.8 Å². The minimum absolute atomic E-state index is 0. The number of hydrogen-bond acceptors (Lipinski definition) is 5. The molecule has 0 amide bonds. The Morgan fingerprint density at radius 2 is 2.09 bits per heavy atom. The van der Waals surface area contributed by atoms with Gasteiger partial charge in [0.15, 0.2) is 11.8 Å². The van der Waals surface area contributed by atoms with Crippen molar-refractivity contribution in [1.29, 1.82) is 0 Å². The zero-order valence-electron chi connectivity index (χ0n) is 14.6.